The number of phenolic OH excluding ortho intramolecular Hbond substituents is 1. The average Bonchev–Trinajstić information content (AvgIpc) is 3.48. The lowest BCUT2D eigenvalue weighted by Crippen LogP contribution is -2.42. The molecule has 2 aliphatic heterocycles. The van der Waals surface area contributed by atoms with Crippen molar-refractivity contribution in [2.75, 3.05) is 22.2 Å². The second-order valence-electron chi connectivity index (χ2n) is 21.9. The number of aliphatic hydroxyl groups excluding tert-OH is 1. The first-order chi connectivity index (χ1) is 29.0. The highest BCUT2D eigenvalue weighted by molar-refractivity contribution is 7.98. The largest absolute Gasteiger partial charge is 0.507 e. The van der Waals surface area contributed by atoms with Crippen LogP contribution in [0.25, 0.3) is 5.57 Å². The SMILES string of the molecule is CSCCC(=O)Nc1cc2c(cc1C1=C(O)/C(=C3/C=C4C(=CC3=NC(=O)CCc3cc(C(C)(C)C)c(O)c(C(C)(C)C)c3)N(C(C)C)C(C)C4(C)C)C1=O)C(C)(C)C(C)N2C(C)C. The van der Waals surface area contributed by atoms with Crippen LogP contribution in [0.4, 0.5) is 11.4 Å². The third-order valence-electron chi connectivity index (χ3n) is 14.2. The van der Waals surface area contributed by atoms with Gasteiger partial charge in [0.15, 0.2) is 0 Å². The monoisotopic (exact) mass is 877 g/mol. The fourth-order valence-corrected chi connectivity index (χ4v) is 10.4. The molecule has 3 N–H and O–H groups in total. The highest BCUT2D eigenvalue weighted by atomic mass is 32.2. The number of hydrogen-bond donors (Lipinski definition) is 3. The van der Waals surface area contributed by atoms with Crippen LogP contribution in [0.2, 0.25) is 0 Å². The summed E-state index contributed by atoms with van der Waals surface area (Å²) in [5, 5.41) is 26.7. The minimum atomic E-state index is -0.362. The number of thioether (sulfide) groups is 1. The number of carbonyl (C=O) groups excluding carboxylic acids is 3. The van der Waals surface area contributed by atoms with Gasteiger partial charge >= 0.3 is 0 Å². The Balaban J connectivity index is 1.50. The van der Waals surface area contributed by atoms with Crippen LogP contribution in [0, 0.1) is 5.41 Å². The summed E-state index contributed by atoms with van der Waals surface area (Å²) in [6.45, 7) is 34.2. The lowest BCUT2D eigenvalue weighted by atomic mass is 9.73. The molecule has 2 unspecified atom stereocenters. The number of rotatable bonds is 10. The Morgan fingerprint density at radius 2 is 1.40 bits per heavy atom. The van der Waals surface area contributed by atoms with E-state index in [0.717, 1.165) is 39.2 Å². The van der Waals surface area contributed by atoms with Gasteiger partial charge in [-0.2, -0.15) is 11.8 Å². The molecule has 0 bridgehead atoms. The molecule has 10 heteroatoms. The first kappa shape index (κ1) is 47.9. The van der Waals surface area contributed by atoms with Crippen LogP contribution < -0.4 is 10.2 Å². The molecule has 340 valence electrons. The Morgan fingerprint density at radius 3 is 1.92 bits per heavy atom. The van der Waals surface area contributed by atoms with Crippen molar-refractivity contribution in [1.82, 2.24) is 4.90 Å². The number of nitrogens with zero attached hydrogens (tertiary/aromatic N) is 3. The zero-order valence-corrected chi connectivity index (χ0v) is 41.8. The van der Waals surface area contributed by atoms with Crippen molar-refractivity contribution >= 4 is 52.0 Å². The van der Waals surface area contributed by atoms with Crippen LogP contribution in [0.3, 0.4) is 0 Å². The molecule has 4 aliphatic rings. The second kappa shape index (κ2) is 16.8. The Labute approximate surface area is 381 Å². The first-order valence-electron chi connectivity index (χ1n) is 22.7. The van der Waals surface area contributed by atoms with Crippen molar-refractivity contribution in [1.29, 1.82) is 0 Å². The predicted molar refractivity (Wildman–Crippen MR) is 262 cm³/mol. The molecule has 1 saturated heterocycles. The fraction of sp³-hybridized carbons (Fsp3) is 0.547. The lowest BCUT2D eigenvalue weighted by molar-refractivity contribution is -0.118. The summed E-state index contributed by atoms with van der Waals surface area (Å²) in [6.07, 6.45) is 6.67. The highest BCUT2D eigenvalue weighted by Gasteiger charge is 2.49. The number of aromatic hydroxyl groups is 1. The number of aliphatic hydroxyl groups is 1. The number of nitrogens with one attached hydrogen (secondary N) is 1. The van der Waals surface area contributed by atoms with E-state index in [0.29, 0.717) is 46.9 Å². The average molecular weight is 877 g/mol. The van der Waals surface area contributed by atoms with E-state index in [9.17, 15) is 24.6 Å². The normalized spacial score (nSPS) is 22.5. The third kappa shape index (κ3) is 8.46. The van der Waals surface area contributed by atoms with Crippen molar-refractivity contribution in [2.24, 2.45) is 10.4 Å². The number of aliphatic imine (C=N–C) groups is 1. The van der Waals surface area contributed by atoms with Crippen molar-refractivity contribution in [3.63, 3.8) is 0 Å². The van der Waals surface area contributed by atoms with Crippen LogP contribution in [0.5, 0.6) is 5.75 Å². The number of phenols is 1. The van der Waals surface area contributed by atoms with Gasteiger partial charge in [0.2, 0.25) is 17.6 Å². The molecule has 6 rings (SSSR count). The van der Waals surface area contributed by atoms with Gasteiger partial charge in [-0.05, 0) is 117 Å². The molecule has 2 atom stereocenters. The Hall–Kier alpha value is -4.57. The molecule has 2 amide bonds. The molecule has 0 aromatic heterocycles. The number of anilines is 2. The second-order valence-corrected chi connectivity index (χ2v) is 22.8. The van der Waals surface area contributed by atoms with Gasteiger partial charge in [0, 0.05) is 76.1 Å². The summed E-state index contributed by atoms with van der Waals surface area (Å²) in [5.41, 5.74) is 7.37. The van der Waals surface area contributed by atoms with Gasteiger partial charge in [-0.25, -0.2) is 4.99 Å². The van der Waals surface area contributed by atoms with E-state index >= 15 is 0 Å². The van der Waals surface area contributed by atoms with Gasteiger partial charge in [-0.3, -0.25) is 14.4 Å². The van der Waals surface area contributed by atoms with Crippen molar-refractivity contribution in [3.8, 4) is 5.75 Å². The van der Waals surface area contributed by atoms with E-state index in [-0.39, 0.29) is 86.8 Å². The van der Waals surface area contributed by atoms with Crippen LogP contribution >= 0.6 is 11.8 Å². The zero-order chi connectivity index (χ0) is 47.0. The van der Waals surface area contributed by atoms with E-state index in [1.165, 1.54) is 0 Å². The summed E-state index contributed by atoms with van der Waals surface area (Å²) in [7, 11) is 0. The number of ketones is 1. The number of hydrogen-bond acceptors (Lipinski definition) is 8. The maximum absolute atomic E-state index is 14.8. The molecule has 0 spiro atoms. The zero-order valence-electron chi connectivity index (χ0n) is 41.0. The number of aryl methyl sites for hydroxylation is 1. The van der Waals surface area contributed by atoms with Gasteiger partial charge in [-0.1, -0.05) is 81.4 Å². The van der Waals surface area contributed by atoms with E-state index in [4.69, 9.17) is 4.99 Å². The van der Waals surface area contributed by atoms with Gasteiger partial charge < -0.3 is 25.3 Å². The molecular weight excluding hydrogens is 805 g/mol. The fourth-order valence-electron chi connectivity index (χ4n) is 9.97. The molecule has 2 heterocycles. The van der Waals surface area contributed by atoms with Crippen molar-refractivity contribution in [3.05, 3.63) is 92.4 Å². The Morgan fingerprint density at radius 1 is 0.825 bits per heavy atom. The third-order valence-corrected chi connectivity index (χ3v) is 14.8. The summed E-state index contributed by atoms with van der Waals surface area (Å²) in [4.78, 5) is 51.7. The molecule has 63 heavy (non-hydrogen) atoms. The van der Waals surface area contributed by atoms with Crippen LogP contribution in [-0.4, -0.2) is 74.6 Å². The molecular formula is C53H72N4O5S. The van der Waals surface area contributed by atoms with Crippen LogP contribution in [0.1, 0.15) is 151 Å². The quantitative estimate of drug-likeness (QED) is 0.202. The minimum absolute atomic E-state index is 0.108. The lowest BCUT2D eigenvalue weighted by Gasteiger charge is -2.34. The number of carbonyl (C=O) groups is 3. The summed E-state index contributed by atoms with van der Waals surface area (Å²) in [6, 6.07) is 8.55. The maximum Gasteiger partial charge on any atom is 0.246 e. The highest BCUT2D eigenvalue weighted by Crippen LogP contribution is 2.54. The Bertz CT molecular complexity index is 2380. The van der Waals surface area contributed by atoms with Gasteiger partial charge in [0.1, 0.15) is 11.5 Å². The molecule has 2 aliphatic carbocycles. The maximum atomic E-state index is 14.8. The number of Topliss-reactive ketones (excluding diaryl/α,β-unsaturated/α-hetero) is 1. The summed E-state index contributed by atoms with van der Waals surface area (Å²) in [5.74, 6) is -0.111. The molecule has 1 fully saturated rings. The number of fused-ring (bicyclic) bond motifs is 2. The number of likely N-dealkylation sites (tertiary alicyclic amines) is 1. The number of allylic oxidation sites excluding steroid dienone is 6. The number of benzene rings is 2. The molecule has 0 radical (unpaired) electrons. The van der Waals surface area contributed by atoms with Crippen LogP contribution in [0.15, 0.2) is 69.6 Å². The van der Waals surface area contributed by atoms with E-state index < -0.39 is 0 Å². The summed E-state index contributed by atoms with van der Waals surface area (Å²) >= 11 is 1.59. The van der Waals surface area contributed by atoms with Gasteiger partial charge in [0.05, 0.1) is 22.5 Å². The first-order valence-corrected chi connectivity index (χ1v) is 24.1. The molecule has 2 aromatic carbocycles. The van der Waals surface area contributed by atoms with Crippen LogP contribution in [-0.2, 0) is 37.0 Å². The summed E-state index contributed by atoms with van der Waals surface area (Å²) < 4.78 is 0. The number of amides is 2. The van der Waals surface area contributed by atoms with Crippen molar-refractivity contribution in [2.45, 2.75) is 170 Å². The topological polar surface area (TPSA) is 123 Å². The standard InChI is InChI=1S/C53H72N4O5S/c1-28(2)56-30(5)52(13,14)35-24-33(39(26-41(35)56)54-43(58)19-18-32-22-37(50(7,8)9)47(60)38(23-32)51(10,11)12)45-48(61)46(49(45)62)34-25-36-42(27-40(34)55-44(59)20-21-63-17)57(29(3)4)31(6)53(36,15)16/h22-31,60-61H,18-21H2,1-17H3,(H,55,59)/b45-33+,54-39?. The van der Waals surface area contributed by atoms with E-state index in [1.807, 2.05) is 42.7 Å². The van der Waals surface area contributed by atoms with Gasteiger partial charge in [-0.15, -0.1) is 0 Å². The Kier molecular flexibility index (Phi) is 12.7. The van der Waals surface area contributed by atoms with Gasteiger partial charge in [0.25, 0.3) is 0 Å². The smallest absolute Gasteiger partial charge is 0.246 e. The molecule has 0 saturated carbocycles. The van der Waals surface area contributed by atoms with Crippen molar-refractivity contribution < 1.29 is 24.6 Å². The van der Waals surface area contributed by atoms with E-state index in [1.54, 1.807) is 11.8 Å². The van der Waals surface area contributed by atoms with E-state index in [2.05, 4.69) is 126 Å². The minimum Gasteiger partial charge on any atom is -0.507 e. The molecule has 9 nitrogen and oxygen atoms in total. The predicted octanol–water partition coefficient (Wildman–Crippen LogP) is 11.3. The molecule has 2 aromatic rings.